The number of nitrogens with zero attached hydrogens (tertiary/aromatic N) is 5. The SMILES string of the molecule is Cn1cnnc1SCCNC(=O)Cn1nccc1[C@@H]1CCCNC1. The van der Waals surface area contributed by atoms with E-state index in [2.05, 4.69) is 25.9 Å². The van der Waals surface area contributed by atoms with Crippen molar-refractivity contribution in [3.63, 3.8) is 0 Å². The fourth-order valence-corrected chi connectivity index (χ4v) is 3.60. The van der Waals surface area contributed by atoms with Crippen LogP contribution < -0.4 is 10.6 Å². The summed E-state index contributed by atoms with van der Waals surface area (Å²) in [7, 11) is 1.90. The molecule has 1 aliphatic rings. The molecule has 2 aromatic rings. The average Bonchev–Trinajstić information content (AvgIpc) is 3.21. The maximum atomic E-state index is 12.1. The lowest BCUT2D eigenvalue weighted by molar-refractivity contribution is -0.121. The second kappa shape index (κ2) is 8.29. The van der Waals surface area contributed by atoms with Crippen molar-refractivity contribution in [3.8, 4) is 0 Å². The summed E-state index contributed by atoms with van der Waals surface area (Å²) < 4.78 is 3.68. The highest BCUT2D eigenvalue weighted by molar-refractivity contribution is 7.99. The van der Waals surface area contributed by atoms with E-state index < -0.39 is 0 Å². The molecule has 3 rings (SSSR count). The number of nitrogens with one attached hydrogen (secondary N) is 2. The quantitative estimate of drug-likeness (QED) is 0.555. The van der Waals surface area contributed by atoms with Gasteiger partial charge in [0.1, 0.15) is 12.9 Å². The Balaban J connectivity index is 1.43. The van der Waals surface area contributed by atoms with Crippen LogP contribution in [0, 0.1) is 0 Å². The van der Waals surface area contributed by atoms with Crippen LogP contribution in [0.25, 0.3) is 0 Å². The number of thioether (sulfide) groups is 1. The Kier molecular flexibility index (Phi) is 5.86. The zero-order valence-electron chi connectivity index (χ0n) is 13.8. The van der Waals surface area contributed by atoms with Crippen molar-refractivity contribution in [1.29, 1.82) is 0 Å². The lowest BCUT2D eigenvalue weighted by atomic mass is 9.96. The van der Waals surface area contributed by atoms with Crippen LogP contribution in [-0.4, -0.2) is 55.8 Å². The van der Waals surface area contributed by atoms with Crippen LogP contribution in [0.15, 0.2) is 23.7 Å². The van der Waals surface area contributed by atoms with Crippen LogP contribution in [0.4, 0.5) is 0 Å². The van der Waals surface area contributed by atoms with Crippen LogP contribution in [0.1, 0.15) is 24.5 Å². The first-order valence-corrected chi connectivity index (χ1v) is 9.18. The Labute approximate surface area is 145 Å². The number of carbonyl (C=O) groups excluding carboxylic acids is 1. The first-order valence-electron chi connectivity index (χ1n) is 8.20. The molecule has 0 aromatic carbocycles. The first-order chi connectivity index (χ1) is 11.7. The van der Waals surface area contributed by atoms with Crippen LogP contribution >= 0.6 is 11.8 Å². The van der Waals surface area contributed by atoms with Crippen LogP contribution in [0.3, 0.4) is 0 Å². The molecule has 0 spiro atoms. The summed E-state index contributed by atoms with van der Waals surface area (Å²) in [5, 5.41) is 19.3. The maximum Gasteiger partial charge on any atom is 0.241 e. The van der Waals surface area contributed by atoms with Gasteiger partial charge in [-0.05, 0) is 25.5 Å². The van der Waals surface area contributed by atoms with Gasteiger partial charge >= 0.3 is 0 Å². The van der Waals surface area contributed by atoms with E-state index in [9.17, 15) is 4.79 Å². The summed E-state index contributed by atoms with van der Waals surface area (Å²) in [5.41, 5.74) is 1.14. The van der Waals surface area contributed by atoms with Gasteiger partial charge in [0.2, 0.25) is 5.91 Å². The van der Waals surface area contributed by atoms with Crippen molar-refractivity contribution in [2.24, 2.45) is 7.05 Å². The highest BCUT2D eigenvalue weighted by Crippen LogP contribution is 2.22. The summed E-state index contributed by atoms with van der Waals surface area (Å²) in [6.07, 6.45) is 5.76. The smallest absolute Gasteiger partial charge is 0.241 e. The maximum absolute atomic E-state index is 12.1. The van der Waals surface area contributed by atoms with Gasteiger partial charge in [-0.1, -0.05) is 11.8 Å². The molecule has 0 unspecified atom stereocenters. The van der Waals surface area contributed by atoms with E-state index in [4.69, 9.17) is 0 Å². The van der Waals surface area contributed by atoms with Gasteiger partial charge in [0.05, 0.1) is 0 Å². The van der Waals surface area contributed by atoms with E-state index in [1.807, 2.05) is 22.4 Å². The Morgan fingerprint density at radius 2 is 2.46 bits per heavy atom. The summed E-state index contributed by atoms with van der Waals surface area (Å²) in [5.74, 6) is 1.19. The molecule has 1 amide bonds. The third kappa shape index (κ3) is 4.35. The Hall–Kier alpha value is -1.87. The minimum Gasteiger partial charge on any atom is -0.354 e. The molecule has 1 aliphatic heterocycles. The molecular formula is C15H23N7OS. The second-order valence-electron chi connectivity index (χ2n) is 5.88. The molecule has 9 heteroatoms. The number of piperidine rings is 1. The molecule has 1 atom stereocenters. The van der Waals surface area contributed by atoms with Crippen LogP contribution in [0.2, 0.25) is 0 Å². The molecule has 2 aromatic heterocycles. The summed E-state index contributed by atoms with van der Waals surface area (Å²) in [6, 6.07) is 2.02. The Morgan fingerprint density at radius 3 is 3.21 bits per heavy atom. The molecule has 0 aliphatic carbocycles. The highest BCUT2D eigenvalue weighted by Gasteiger charge is 2.19. The van der Waals surface area contributed by atoms with Gasteiger partial charge < -0.3 is 15.2 Å². The molecule has 2 N–H and O–H groups in total. The van der Waals surface area contributed by atoms with Gasteiger partial charge in [-0.15, -0.1) is 10.2 Å². The van der Waals surface area contributed by atoms with Gasteiger partial charge in [-0.25, -0.2) is 0 Å². The number of rotatable bonds is 7. The minimum absolute atomic E-state index is 0.0118. The fraction of sp³-hybridized carbons (Fsp3) is 0.600. The second-order valence-corrected chi connectivity index (χ2v) is 6.94. The largest absolute Gasteiger partial charge is 0.354 e. The minimum atomic E-state index is -0.0118. The molecule has 3 heterocycles. The van der Waals surface area contributed by atoms with E-state index >= 15 is 0 Å². The monoisotopic (exact) mass is 349 g/mol. The molecule has 0 radical (unpaired) electrons. The van der Waals surface area contributed by atoms with Crippen molar-refractivity contribution >= 4 is 17.7 Å². The van der Waals surface area contributed by atoms with Crippen LogP contribution in [-0.2, 0) is 18.4 Å². The number of amides is 1. The topological polar surface area (TPSA) is 89.7 Å². The number of hydrogen-bond donors (Lipinski definition) is 2. The van der Waals surface area contributed by atoms with Gasteiger partial charge in [-0.3, -0.25) is 9.48 Å². The lowest BCUT2D eigenvalue weighted by Crippen LogP contribution is -2.33. The summed E-state index contributed by atoms with van der Waals surface area (Å²) in [6.45, 7) is 2.90. The lowest BCUT2D eigenvalue weighted by Gasteiger charge is -2.23. The summed E-state index contributed by atoms with van der Waals surface area (Å²) in [4.78, 5) is 12.1. The van der Waals surface area contributed by atoms with Crippen molar-refractivity contribution in [1.82, 2.24) is 35.2 Å². The molecule has 0 bridgehead atoms. The summed E-state index contributed by atoms with van der Waals surface area (Å²) >= 11 is 1.57. The molecule has 1 fully saturated rings. The van der Waals surface area contributed by atoms with E-state index in [1.165, 1.54) is 6.42 Å². The molecule has 1 saturated heterocycles. The molecule has 0 saturated carbocycles. The number of aryl methyl sites for hydroxylation is 1. The molecule has 24 heavy (non-hydrogen) atoms. The van der Waals surface area contributed by atoms with E-state index in [-0.39, 0.29) is 12.5 Å². The van der Waals surface area contributed by atoms with E-state index in [1.54, 1.807) is 24.3 Å². The predicted octanol–water partition coefficient (Wildman–Crippen LogP) is 0.387. The van der Waals surface area contributed by atoms with E-state index in [0.717, 1.165) is 36.1 Å². The van der Waals surface area contributed by atoms with Gasteiger partial charge in [-0.2, -0.15) is 5.10 Å². The van der Waals surface area contributed by atoms with E-state index in [0.29, 0.717) is 12.5 Å². The zero-order chi connectivity index (χ0) is 16.8. The highest BCUT2D eigenvalue weighted by atomic mass is 32.2. The van der Waals surface area contributed by atoms with Gasteiger partial charge in [0.25, 0.3) is 0 Å². The Bertz CT molecular complexity index is 662. The predicted molar refractivity (Wildman–Crippen MR) is 91.8 cm³/mol. The number of aromatic nitrogens is 5. The van der Waals surface area contributed by atoms with Crippen molar-refractivity contribution in [2.75, 3.05) is 25.4 Å². The van der Waals surface area contributed by atoms with Gasteiger partial charge in [0.15, 0.2) is 5.16 Å². The molecule has 8 nitrogen and oxygen atoms in total. The Morgan fingerprint density at radius 1 is 1.54 bits per heavy atom. The molecular weight excluding hydrogens is 326 g/mol. The first kappa shape index (κ1) is 17.0. The zero-order valence-corrected chi connectivity index (χ0v) is 14.6. The number of carbonyl (C=O) groups is 1. The van der Waals surface area contributed by atoms with Crippen molar-refractivity contribution < 1.29 is 4.79 Å². The van der Waals surface area contributed by atoms with Gasteiger partial charge in [0, 0.05) is 43.7 Å². The normalized spacial score (nSPS) is 17.8. The molecule has 130 valence electrons. The van der Waals surface area contributed by atoms with Crippen LogP contribution in [0.5, 0.6) is 0 Å². The van der Waals surface area contributed by atoms with Crippen molar-refractivity contribution in [2.45, 2.75) is 30.5 Å². The fourth-order valence-electron chi connectivity index (χ4n) is 2.85. The number of hydrogen-bond acceptors (Lipinski definition) is 6. The van der Waals surface area contributed by atoms with Crippen molar-refractivity contribution in [3.05, 3.63) is 24.3 Å². The third-order valence-electron chi connectivity index (χ3n) is 4.08. The third-order valence-corrected chi connectivity index (χ3v) is 5.12. The average molecular weight is 349 g/mol. The standard InChI is InChI=1S/C15H23N7OS/c1-21-11-18-20-15(21)24-8-7-17-14(23)10-22-13(4-6-19-22)12-3-2-5-16-9-12/h4,6,11-12,16H,2-3,5,7-10H2,1H3,(H,17,23)/t12-/m1/s1.